The lowest BCUT2D eigenvalue weighted by atomic mass is 9.67. The first kappa shape index (κ1) is 59.0. The van der Waals surface area contributed by atoms with Crippen molar-refractivity contribution in [2.24, 2.45) is 46.8 Å². The first-order valence-electron chi connectivity index (χ1n) is 28.3. The molecule has 3 saturated carbocycles. The SMILES string of the molecule is CC1NCSC1C1CCC(CNC(=O)[C@@H]2C[C@@H](O)CN2C(=O)[C@@H](NC(=O)CCCCCC(=O)NCC2CCCC(C3CCCC(C4CSC(NC(=O)CNC(=O)C5CCN(S(C)(=O)=O)C5)N4)C3)C2)C(C)(C)C)CC1. The van der Waals surface area contributed by atoms with Crippen molar-refractivity contribution < 1.29 is 42.3 Å². The Morgan fingerprint density at radius 2 is 1.42 bits per heavy atom. The van der Waals surface area contributed by atoms with Gasteiger partial charge in [0.15, 0.2) is 0 Å². The smallest absolute Gasteiger partial charge is 0.246 e. The number of amides is 6. The fourth-order valence-corrected chi connectivity index (χ4v) is 16.8. The normalized spacial score (nSPS) is 33.4. The largest absolute Gasteiger partial charge is 0.391 e. The first-order chi connectivity index (χ1) is 35.2. The highest BCUT2D eigenvalue weighted by molar-refractivity contribution is 8.00. The van der Waals surface area contributed by atoms with E-state index in [-0.39, 0.29) is 73.4 Å². The zero-order valence-corrected chi connectivity index (χ0v) is 47.5. The maximum Gasteiger partial charge on any atom is 0.246 e. The first-order valence-corrected chi connectivity index (χ1v) is 32.2. The van der Waals surface area contributed by atoms with Gasteiger partial charge >= 0.3 is 0 Å². The van der Waals surface area contributed by atoms with Crippen LogP contribution in [-0.4, -0.2) is 156 Å². The molecule has 0 aromatic heterocycles. The third-order valence-electron chi connectivity index (χ3n) is 17.6. The number of thioether (sulfide) groups is 2. The van der Waals surface area contributed by atoms with E-state index in [4.69, 9.17) is 0 Å². The Morgan fingerprint density at radius 3 is 2.11 bits per heavy atom. The number of hydrogen-bond acceptors (Lipinski definition) is 13. The minimum Gasteiger partial charge on any atom is -0.391 e. The standard InChI is InChI=1S/C53H91N9O9S3/c1-33-47(73-32-57-33)36-19-17-34(18-20-36)26-55-50(68)43-25-41(63)30-62(43)51(69)48(53(2,3)4)59-45(65)16-8-6-7-15-44(64)54-27-35-11-9-12-37(23-35)38-13-10-14-39(24-38)42-31-72-52(58-42)60-46(66)28-56-49(67)40-21-22-61(29-40)74(5,70)71/h33-43,47-48,52,57-58,63H,6-32H2,1-5H3,(H,54,64)(H,55,68)(H,56,67)(H,59,65)(H,60,66)/t33?,34?,35?,36?,37?,38?,39?,40?,41-,42?,43+,47?,48-,52?/m1/s1. The summed E-state index contributed by atoms with van der Waals surface area (Å²) in [7, 11) is -3.34. The number of carbonyl (C=O) groups excluding carboxylic acids is 6. The van der Waals surface area contributed by atoms with E-state index in [1.807, 2.05) is 32.5 Å². The predicted molar refractivity (Wildman–Crippen MR) is 291 cm³/mol. The molecule has 4 heterocycles. The van der Waals surface area contributed by atoms with Crippen molar-refractivity contribution in [2.45, 2.75) is 191 Å². The van der Waals surface area contributed by atoms with E-state index in [0.29, 0.717) is 105 Å². The van der Waals surface area contributed by atoms with Crippen molar-refractivity contribution in [1.29, 1.82) is 0 Å². The summed E-state index contributed by atoms with van der Waals surface area (Å²) in [6.07, 6.45) is 17.4. The van der Waals surface area contributed by atoms with E-state index < -0.39 is 39.5 Å². The molecule has 0 spiro atoms. The van der Waals surface area contributed by atoms with Gasteiger partial charge in [-0.05, 0) is 118 Å². The molecule has 7 rings (SSSR count). The highest BCUT2D eigenvalue weighted by Crippen LogP contribution is 2.44. The molecule has 0 bridgehead atoms. The van der Waals surface area contributed by atoms with Gasteiger partial charge in [-0.2, -0.15) is 0 Å². The fraction of sp³-hybridized carbons (Fsp3) is 0.887. The fourth-order valence-electron chi connectivity index (χ4n) is 13.2. The minimum atomic E-state index is -3.34. The van der Waals surface area contributed by atoms with Crippen molar-refractivity contribution in [1.82, 2.24) is 46.4 Å². The van der Waals surface area contributed by atoms with Crippen LogP contribution in [0.15, 0.2) is 0 Å². The van der Waals surface area contributed by atoms with Crippen LogP contribution in [0.25, 0.3) is 0 Å². The van der Waals surface area contributed by atoms with E-state index >= 15 is 0 Å². The maximum absolute atomic E-state index is 14.1. The van der Waals surface area contributed by atoms with Gasteiger partial charge < -0.3 is 41.9 Å². The van der Waals surface area contributed by atoms with Gasteiger partial charge in [0.25, 0.3) is 0 Å². The molecule has 7 aliphatic rings. The zero-order chi connectivity index (χ0) is 53.2. The number of carbonyl (C=O) groups is 6. The van der Waals surface area contributed by atoms with E-state index in [0.717, 1.165) is 69.3 Å². The average Bonchev–Trinajstić information content (AvgIpc) is 4.21. The molecule has 74 heavy (non-hydrogen) atoms. The van der Waals surface area contributed by atoms with Crippen LogP contribution in [0.3, 0.4) is 0 Å². The Balaban J connectivity index is 0.749. The molecule has 7 fully saturated rings. The van der Waals surface area contributed by atoms with E-state index in [2.05, 4.69) is 44.1 Å². The lowest BCUT2D eigenvalue weighted by Crippen LogP contribution is -2.58. The Kier molecular flexibility index (Phi) is 21.7. The van der Waals surface area contributed by atoms with Crippen LogP contribution in [0.1, 0.15) is 150 Å². The quantitative estimate of drug-likeness (QED) is 0.0767. The summed E-state index contributed by atoms with van der Waals surface area (Å²) in [6, 6.07) is -0.811. The second-order valence-electron chi connectivity index (χ2n) is 24.3. The van der Waals surface area contributed by atoms with Crippen LogP contribution >= 0.6 is 23.5 Å². The van der Waals surface area contributed by atoms with E-state index in [9.17, 15) is 42.3 Å². The molecule has 0 radical (unpaired) electrons. The number of hydrogen-bond donors (Lipinski definition) is 8. The monoisotopic (exact) mass is 1090 g/mol. The van der Waals surface area contributed by atoms with E-state index in [1.165, 1.54) is 34.9 Å². The topological polar surface area (TPSA) is 247 Å². The molecule has 8 N–H and O–H groups in total. The predicted octanol–water partition coefficient (Wildman–Crippen LogP) is 3.63. The van der Waals surface area contributed by atoms with Gasteiger partial charge in [-0.15, -0.1) is 23.5 Å². The summed E-state index contributed by atoms with van der Waals surface area (Å²) in [5.41, 5.74) is -0.849. The van der Waals surface area contributed by atoms with Crippen LogP contribution in [-0.2, 0) is 38.8 Å². The number of nitrogens with one attached hydrogen (secondary N) is 7. The number of sulfonamides is 1. The van der Waals surface area contributed by atoms with Gasteiger partial charge in [-0.3, -0.25) is 34.1 Å². The Bertz CT molecular complexity index is 2040. The molecule has 3 aliphatic carbocycles. The molecule has 4 aliphatic heterocycles. The maximum atomic E-state index is 14.1. The lowest BCUT2D eigenvalue weighted by Gasteiger charge is -2.40. The van der Waals surface area contributed by atoms with Crippen molar-refractivity contribution >= 4 is 69.0 Å². The summed E-state index contributed by atoms with van der Waals surface area (Å²) in [6.45, 7) is 9.59. The molecule has 12 atom stereocenters. The molecule has 6 amide bonds. The highest BCUT2D eigenvalue weighted by atomic mass is 32.2. The summed E-state index contributed by atoms with van der Waals surface area (Å²) < 4.78 is 25.0. The van der Waals surface area contributed by atoms with Crippen LogP contribution in [0.4, 0.5) is 0 Å². The second-order valence-corrected chi connectivity index (χ2v) is 28.6. The van der Waals surface area contributed by atoms with Crippen LogP contribution in [0, 0.1) is 46.8 Å². The molecule has 0 aromatic carbocycles. The highest BCUT2D eigenvalue weighted by Gasteiger charge is 2.45. The van der Waals surface area contributed by atoms with Gasteiger partial charge in [0.2, 0.25) is 45.5 Å². The molecule has 0 aromatic rings. The summed E-state index contributed by atoms with van der Waals surface area (Å²) >= 11 is 3.71. The summed E-state index contributed by atoms with van der Waals surface area (Å²) in [4.78, 5) is 80.9. The summed E-state index contributed by atoms with van der Waals surface area (Å²) in [5.74, 6) is 3.50. The molecule has 18 nitrogen and oxygen atoms in total. The lowest BCUT2D eigenvalue weighted by molar-refractivity contribution is -0.144. The minimum absolute atomic E-state index is 0.0426. The molecule has 4 saturated heterocycles. The number of likely N-dealkylation sites (tertiary alicyclic amines) is 1. The van der Waals surface area contributed by atoms with E-state index in [1.54, 1.807) is 11.8 Å². The number of nitrogens with zero attached hydrogens (tertiary/aromatic N) is 2. The van der Waals surface area contributed by atoms with Gasteiger partial charge in [-0.1, -0.05) is 52.9 Å². The number of β-amino-alcohol motifs (C(OH)–C–C–N with tert-alkyl or cyclic N) is 1. The number of unbranched alkanes of at least 4 members (excludes halogenated alkanes) is 2. The average molecular weight is 1090 g/mol. The third kappa shape index (κ3) is 16.9. The molecule has 420 valence electrons. The molecular formula is C53H91N9O9S3. The van der Waals surface area contributed by atoms with Gasteiger partial charge in [0.1, 0.15) is 17.6 Å². The van der Waals surface area contributed by atoms with Gasteiger partial charge in [0, 0.05) is 80.9 Å². The molecule has 21 heteroatoms. The number of aliphatic hydroxyl groups is 1. The van der Waals surface area contributed by atoms with Gasteiger partial charge in [-0.25, -0.2) is 12.7 Å². The molecule has 9 unspecified atom stereocenters. The van der Waals surface area contributed by atoms with Crippen molar-refractivity contribution in [3.05, 3.63) is 0 Å². The number of aliphatic hydroxyl groups excluding tert-OH is 1. The summed E-state index contributed by atoms with van der Waals surface area (Å²) in [5, 5.41) is 33.5. The Labute approximate surface area is 450 Å². The second kappa shape index (κ2) is 27.3. The van der Waals surface area contributed by atoms with Gasteiger partial charge in [0.05, 0.1) is 24.8 Å². The van der Waals surface area contributed by atoms with Crippen molar-refractivity contribution in [3.8, 4) is 0 Å². The van der Waals surface area contributed by atoms with Crippen molar-refractivity contribution in [2.75, 3.05) is 57.2 Å². The number of rotatable bonds is 21. The Morgan fingerprint density at radius 1 is 0.730 bits per heavy atom. The third-order valence-corrected chi connectivity index (χ3v) is 21.5. The van der Waals surface area contributed by atoms with Crippen molar-refractivity contribution in [3.63, 3.8) is 0 Å². The van der Waals surface area contributed by atoms with Crippen LogP contribution in [0.5, 0.6) is 0 Å². The Hall–Kier alpha value is -2.69. The van der Waals surface area contributed by atoms with Crippen LogP contribution in [0.2, 0.25) is 0 Å². The van der Waals surface area contributed by atoms with Crippen LogP contribution < -0.4 is 37.2 Å². The zero-order valence-electron chi connectivity index (χ0n) is 45.0. The molecular weight excluding hydrogens is 1000 g/mol.